The van der Waals surface area contributed by atoms with E-state index in [9.17, 15) is 5.11 Å². The van der Waals surface area contributed by atoms with Crippen molar-refractivity contribution in [3.8, 4) is 0 Å². The summed E-state index contributed by atoms with van der Waals surface area (Å²) in [6.45, 7) is 15.6. The van der Waals surface area contributed by atoms with E-state index >= 15 is 0 Å². The molecule has 1 aliphatic rings. The van der Waals surface area contributed by atoms with Crippen LogP contribution in [0.5, 0.6) is 0 Å². The smallest absolute Gasteiger partial charge is 0.0838 e. The first kappa shape index (κ1) is 15.6. The Morgan fingerprint density at radius 2 is 1.45 bits per heavy atom. The molecule has 0 aliphatic heterocycles. The highest BCUT2D eigenvalue weighted by Gasteiger charge is 2.37. The Labute approximate surface area is 124 Å². The van der Waals surface area contributed by atoms with Gasteiger partial charge in [0.05, 0.1) is 6.10 Å². The molecule has 1 aromatic rings. The SMILES string of the molecule is CC1(C)CCC(C)(C)c2cc(C(O)C(C)(C)C)ccc21. The molecule has 0 fully saturated rings. The van der Waals surface area contributed by atoms with Crippen molar-refractivity contribution in [3.63, 3.8) is 0 Å². The Balaban J connectivity index is 2.54. The summed E-state index contributed by atoms with van der Waals surface area (Å²) in [7, 11) is 0. The van der Waals surface area contributed by atoms with Crippen LogP contribution in [0.4, 0.5) is 0 Å². The molecule has 20 heavy (non-hydrogen) atoms. The second-order valence-electron chi connectivity index (χ2n) is 8.84. The summed E-state index contributed by atoms with van der Waals surface area (Å²) < 4.78 is 0. The lowest BCUT2D eigenvalue weighted by Gasteiger charge is -2.42. The quantitative estimate of drug-likeness (QED) is 0.754. The number of fused-ring (bicyclic) bond motifs is 1. The molecule has 2 rings (SSSR count). The molecule has 1 unspecified atom stereocenters. The fourth-order valence-electron chi connectivity index (χ4n) is 3.28. The molecule has 0 amide bonds. The molecular formula is C19H30O. The third-order valence-corrected chi connectivity index (χ3v) is 5.01. The van der Waals surface area contributed by atoms with Crippen molar-refractivity contribution in [2.24, 2.45) is 5.41 Å². The summed E-state index contributed by atoms with van der Waals surface area (Å²) in [4.78, 5) is 0. The minimum atomic E-state index is -0.409. The largest absolute Gasteiger partial charge is 0.388 e. The molecule has 1 atom stereocenters. The van der Waals surface area contributed by atoms with Crippen LogP contribution in [0.1, 0.15) is 84.1 Å². The Hall–Kier alpha value is -0.820. The maximum atomic E-state index is 10.6. The van der Waals surface area contributed by atoms with E-state index in [1.165, 1.54) is 24.0 Å². The van der Waals surface area contributed by atoms with E-state index in [2.05, 4.69) is 66.7 Å². The van der Waals surface area contributed by atoms with E-state index in [0.717, 1.165) is 5.56 Å². The molecule has 0 heterocycles. The number of rotatable bonds is 1. The summed E-state index contributed by atoms with van der Waals surface area (Å²) in [5, 5.41) is 10.6. The van der Waals surface area contributed by atoms with Crippen LogP contribution in [0.3, 0.4) is 0 Å². The molecule has 0 saturated heterocycles. The Morgan fingerprint density at radius 1 is 0.950 bits per heavy atom. The van der Waals surface area contributed by atoms with Crippen LogP contribution >= 0.6 is 0 Å². The van der Waals surface area contributed by atoms with Crippen LogP contribution in [-0.4, -0.2) is 5.11 Å². The Kier molecular flexibility index (Phi) is 3.57. The van der Waals surface area contributed by atoms with Crippen molar-refractivity contribution in [3.05, 3.63) is 34.9 Å². The first-order valence-corrected chi connectivity index (χ1v) is 7.78. The van der Waals surface area contributed by atoms with Crippen LogP contribution in [0.2, 0.25) is 0 Å². The van der Waals surface area contributed by atoms with Gasteiger partial charge in [0.15, 0.2) is 0 Å². The summed E-state index contributed by atoms with van der Waals surface area (Å²) >= 11 is 0. The molecule has 0 radical (unpaired) electrons. The molecule has 1 N–H and O–H groups in total. The zero-order chi connectivity index (χ0) is 15.3. The monoisotopic (exact) mass is 274 g/mol. The molecular weight excluding hydrogens is 244 g/mol. The molecule has 0 aromatic heterocycles. The van der Waals surface area contributed by atoms with Crippen molar-refractivity contribution in [1.82, 2.24) is 0 Å². The maximum Gasteiger partial charge on any atom is 0.0838 e. The van der Waals surface area contributed by atoms with Crippen molar-refractivity contribution in [2.75, 3.05) is 0 Å². The highest BCUT2D eigenvalue weighted by Crippen LogP contribution is 2.47. The second kappa shape index (κ2) is 4.59. The van der Waals surface area contributed by atoms with Crippen molar-refractivity contribution in [1.29, 1.82) is 0 Å². The van der Waals surface area contributed by atoms with Gasteiger partial charge in [0.2, 0.25) is 0 Å². The van der Waals surface area contributed by atoms with Crippen molar-refractivity contribution in [2.45, 2.75) is 78.2 Å². The van der Waals surface area contributed by atoms with Crippen LogP contribution in [0, 0.1) is 5.41 Å². The van der Waals surface area contributed by atoms with Crippen LogP contribution in [0.15, 0.2) is 18.2 Å². The van der Waals surface area contributed by atoms with Gasteiger partial charge in [0.1, 0.15) is 0 Å². The molecule has 0 bridgehead atoms. The van der Waals surface area contributed by atoms with E-state index in [4.69, 9.17) is 0 Å². The number of hydrogen-bond donors (Lipinski definition) is 1. The Morgan fingerprint density at radius 3 is 1.95 bits per heavy atom. The predicted molar refractivity (Wildman–Crippen MR) is 86.1 cm³/mol. The Bertz CT molecular complexity index is 503. The molecule has 1 aromatic carbocycles. The maximum absolute atomic E-state index is 10.6. The molecule has 1 nitrogen and oxygen atoms in total. The van der Waals surface area contributed by atoms with Crippen LogP contribution < -0.4 is 0 Å². The van der Waals surface area contributed by atoms with Crippen LogP contribution in [-0.2, 0) is 10.8 Å². The van der Waals surface area contributed by atoms with Crippen molar-refractivity contribution < 1.29 is 5.11 Å². The fourth-order valence-corrected chi connectivity index (χ4v) is 3.28. The zero-order valence-electron chi connectivity index (χ0n) is 14.2. The highest BCUT2D eigenvalue weighted by atomic mass is 16.3. The first-order valence-electron chi connectivity index (χ1n) is 7.78. The van der Waals surface area contributed by atoms with Gasteiger partial charge < -0.3 is 5.11 Å². The predicted octanol–water partition coefficient (Wildman–Crippen LogP) is 5.12. The van der Waals surface area contributed by atoms with Gasteiger partial charge in [0, 0.05) is 0 Å². The summed E-state index contributed by atoms with van der Waals surface area (Å²) in [6, 6.07) is 6.63. The molecule has 0 spiro atoms. The molecule has 1 aliphatic carbocycles. The minimum Gasteiger partial charge on any atom is -0.388 e. The van der Waals surface area contributed by atoms with E-state index in [1.54, 1.807) is 0 Å². The van der Waals surface area contributed by atoms with Crippen molar-refractivity contribution >= 4 is 0 Å². The van der Waals surface area contributed by atoms with Gasteiger partial charge in [-0.15, -0.1) is 0 Å². The van der Waals surface area contributed by atoms with Gasteiger partial charge in [-0.1, -0.05) is 66.7 Å². The molecule has 1 heteroatoms. The molecule has 0 saturated carbocycles. The topological polar surface area (TPSA) is 20.2 Å². The van der Waals surface area contributed by atoms with Crippen LogP contribution in [0.25, 0.3) is 0 Å². The average molecular weight is 274 g/mol. The lowest BCUT2D eigenvalue weighted by Crippen LogP contribution is -2.34. The van der Waals surface area contributed by atoms with E-state index in [-0.39, 0.29) is 16.2 Å². The minimum absolute atomic E-state index is 0.122. The summed E-state index contributed by atoms with van der Waals surface area (Å²) in [6.07, 6.45) is 2.03. The second-order valence-corrected chi connectivity index (χ2v) is 8.84. The fraction of sp³-hybridized carbons (Fsp3) is 0.684. The van der Waals surface area contributed by atoms with E-state index in [0.29, 0.717) is 0 Å². The van der Waals surface area contributed by atoms with Gasteiger partial charge in [0.25, 0.3) is 0 Å². The first-order chi connectivity index (χ1) is 8.95. The zero-order valence-corrected chi connectivity index (χ0v) is 14.2. The number of aliphatic hydroxyl groups excluding tert-OH is 1. The van der Waals surface area contributed by atoms with Gasteiger partial charge in [-0.3, -0.25) is 0 Å². The highest BCUT2D eigenvalue weighted by molar-refractivity contribution is 5.44. The lowest BCUT2D eigenvalue weighted by atomic mass is 9.62. The van der Waals surface area contributed by atoms with Gasteiger partial charge in [-0.25, -0.2) is 0 Å². The molecule has 112 valence electrons. The lowest BCUT2D eigenvalue weighted by molar-refractivity contribution is 0.0624. The van der Waals surface area contributed by atoms with E-state index < -0.39 is 6.10 Å². The normalized spacial score (nSPS) is 22.2. The van der Waals surface area contributed by atoms with Gasteiger partial charge >= 0.3 is 0 Å². The van der Waals surface area contributed by atoms with Gasteiger partial charge in [-0.2, -0.15) is 0 Å². The summed E-state index contributed by atoms with van der Waals surface area (Å²) in [5.74, 6) is 0. The number of benzene rings is 1. The van der Waals surface area contributed by atoms with Gasteiger partial charge in [-0.05, 0) is 45.8 Å². The average Bonchev–Trinajstić information content (AvgIpc) is 2.33. The number of hydrogen-bond acceptors (Lipinski definition) is 1. The summed E-state index contributed by atoms with van der Waals surface area (Å²) in [5.41, 5.74) is 4.27. The standard InChI is InChI=1S/C19H30O/c1-17(2,3)16(20)13-8-9-14-15(12-13)19(6,7)11-10-18(14,4)5/h8-9,12,16,20H,10-11H2,1-7H3. The third kappa shape index (κ3) is 2.65. The third-order valence-electron chi connectivity index (χ3n) is 5.01. The number of aliphatic hydroxyl groups is 1. The van der Waals surface area contributed by atoms with E-state index in [1.807, 2.05) is 0 Å².